The van der Waals surface area contributed by atoms with Crippen LogP contribution in [-0.2, 0) is 17.1 Å². The van der Waals surface area contributed by atoms with Crippen molar-refractivity contribution in [3.05, 3.63) is 4.60 Å². The third kappa shape index (κ3) is 4.51. The Morgan fingerprint density at radius 2 is 2.05 bits per heavy atom. The van der Waals surface area contributed by atoms with Crippen molar-refractivity contribution >= 4 is 26.0 Å². The van der Waals surface area contributed by atoms with Crippen molar-refractivity contribution in [2.45, 2.75) is 25.3 Å². The van der Waals surface area contributed by atoms with E-state index in [-0.39, 0.29) is 9.63 Å². The van der Waals surface area contributed by atoms with Gasteiger partial charge in [-0.2, -0.15) is 0 Å². The topological polar surface area (TPSA) is 80.1 Å². The van der Waals surface area contributed by atoms with Crippen LogP contribution in [0, 0.1) is 0 Å². The molecule has 110 valence electrons. The van der Waals surface area contributed by atoms with E-state index < -0.39 is 10.0 Å². The van der Waals surface area contributed by atoms with Crippen molar-refractivity contribution in [1.82, 2.24) is 24.6 Å². The number of halogens is 1. The molecule has 1 heterocycles. The third-order valence-corrected chi connectivity index (χ3v) is 5.05. The SMILES string of the molecule is CCCN(CC)CCNS(=O)(=O)c1c(Br)nnn1C. The van der Waals surface area contributed by atoms with Crippen LogP contribution in [0.1, 0.15) is 20.3 Å². The molecule has 0 atom stereocenters. The van der Waals surface area contributed by atoms with Gasteiger partial charge in [0.05, 0.1) is 0 Å². The standard InChI is InChI=1S/C10H20BrN5O2S/c1-4-7-16(5-2)8-6-12-19(17,18)10-9(11)13-14-15(10)3/h12H,4-8H2,1-3H3. The molecule has 0 aromatic carbocycles. The van der Waals surface area contributed by atoms with Crippen LogP contribution in [0.4, 0.5) is 0 Å². The summed E-state index contributed by atoms with van der Waals surface area (Å²) in [4.78, 5) is 2.19. The van der Waals surface area contributed by atoms with Gasteiger partial charge in [0, 0.05) is 20.1 Å². The molecule has 1 N–H and O–H groups in total. The lowest BCUT2D eigenvalue weighted by Crippen LogP contribution is -2.36. The minimum Gasteiger partial charge on any atom is -0.302 e. The maximum atomic E-state index is 12.1. The van der Waals surface area contributed by atoms with Gasteiger partial charge < -0.3 is 4.90 Å². The Balaban J connectivity index is 2.62. The van der Waals surface area contributed by atoms with Crippen LogP contribution in [0.5, 0.6) is 0 Å². The lowest BCUT2D eigenvalue weighted by Gasteiger charge is -2.19. The van der Waals surface area contributed by atoms with Crippen molar-refractivity contribution in [2.24, 2.45) is 7.05 Å². The Labute approximate surface area is 122 Å². The first kappa shape index (κ1) is 16.5. The summed E-state index contributed by atoms with van der Waals surface area (Å²) in [5.41, 5.74) is 0. The average molecular weight is 354 g/mol. The molecule has 0 aliphatic rings. The van der Waals surface area contributed by atoms with Gasteiger partial charge in [-0.1, -0.05) is 19.1 Å². The van der Waals surface area contributed by atoms with Gasteiger partial charge in [-0.15, -0.1) is 5.10 Å². The monoisotopic (exact) mass is 353 g/mol. The lowest BCUT2D eigenvalue weighted by molar-refractivity contribution is 0.293. The van der Waals surface area contributed by atoms with Gasteiger partial charge in [0.15, 0.2) is 4.60 Å². The Bertz CT molecular complexity index is 483. The molecule has 0 unspecified atom stereocenters. The highest BCUT2D eigenvalue weighted by Crippen LogP contribution is 2.17. The molecule has 1 aromatic rings. The Kier molecular flexibility index (Phi) is 6.37. The van der Waals surface area contributed by atoms with Gasteiger partial charge in [0.25, 0.3) is 10.0 Å². The van der Waals surface area contributed by atoms with Crippen LogP contribution in [0.2, 0.25) is 0 Å². The zero-order valence-electron chi connectivity index (χ0n) is 11.4. The highest BCUT2D eigenvalue weighted by Gasteiger charge is 2.23. The first-order chi connectivity index (χ1) is 8.92. The molecule has 9 heteroatoms. The molecule has 0 fully saturated rings. The second-order valence-corrected chi connectivity index (χ2v) is 6.57. The summed E-state index contributed by atoms with van der Waals surface area (Å²) in [7, 11) is -2.04. The van der Waals surface area contributed by atoms with E-state index in [1.165, 1.54) is 4.68 Å². The van der Waals surface area contributed by atoms with Gasteiger partial charge in [0.1, 0.15) is 0 Å². The number of rotatable bonds is 8. The molecule has 1 aromatic heterocycles. The number of nitrogens with zero attached hydrogens (tertiary/aromatic N) is 4. The van der Waals surface area contributed by atoms with E-state index in [9.17, 15) is 8.42 Å². The van der Waals surface area contributed by atoms with Crippen LogP contribution in [0.3, 0.4) is 0 Å². The molecule has 0 bridgehead atoms. The molecular weight excluding hydrogens is 334 g/mol. The molecule has 0 aliphatic carbocycles. The Morgan fingerprint density at radius 1 is 1.37 bits per heavy atom. The third-order valence-electron chi connectivity index (χ3n) is 2.70. The van der Waals surface area contributed by atoms with Gasteiger partial charge in [-0.05, 0) is 35.4 Å². The number of nitrogens with one attached hydrogen (secondary N) is 1. The molecule has 0 spiro atoms. The normalized spacial score (nSPS) is 12.3. The fraction of sp³-hybridized carbons (Fsp3) is 0.800. The van der Waals surface area contributed by atoms with Crippen LogP contribution in [0.15, 0.2) is 9.63 Å². The van der Waals surface area contributed by atoms with Crippen molar-refractivity contribution in [3.63, 3.8) is 0 Å². The molecule has 0 amide bonds. The van der Waals surface area contributed by atoms with Crippen LogP contribution < -0.4 is 4.72 Å². The predicted molar refractivity (Wildman–Crippen MR) is 76.3 cm³/mol. The lowest BCUT2D eigenvalue weighted by atomic mass is 10.4. The summed E-state index contributed by atoms with van der Waals surface area (Å²) in [5, 5.41) is 7.38. The first-order valence-electron chi connectivity index (χ1n) is 6.19. The summed E-state index contributed by atoms with van der Waals surface area (Å²) in [6, 6.07) is 0. The molecule has 0 saturated heterocycles. The van der Waals surface area contributed by atoms with E-state index in [2.05, 4.69) is 49.7 Å². The molecule has 0 saturated carbocycles. The maximum Gasteiger partial charge on any atom is 0.260 e. The van der Waals surface area contributed by atoms with E-state index in [1.54, 1.807) is 7.05 Å². The fourth-order valence-corrected chi connectivity index (χ4v) is 3.87. The highest BCUT2D eigenvalue weighted by molar-refractivity contribution is 9.10. The van der Waals surface area contributed by atoms with Gasteiger partial charge in [-0.3, -0.25) is 0 Å². The number of aryl methyl sites for hydroxylation is 1. The summed E-state index contributed by atoms with van der Waals surface area (Å²) < 4.78 is 28.2. The Morgan fingerprint density at radius 3 is 2.53 bits per heavy atom. The van der Waals surface area contributed by atoms with E-state index in [1.807, 2.05) is 0 Å². The smallest absolute Gasteiger partial charge is 0.260 e. The quantitative estimate of drug-likeness (QED) is 0.739. The molecule has 0 radical (unpaired) electrons. The van der Waals surface area contributed by atoms with Gasteiger partial charge in [-0.25, -0.2) is 17.8 Å². The zero-order chi connectivity index (χ0) is 14.5. The second kappa shape index (κ2) is 7.32. The largest absolute Gasteiger partial charge is 0.302 e. The van der Waals surface area contributed by atoms with Crippen molar-refractivity contribution < 1.29 is 8.42 Å². The number of aromatic nitrogens is 3. The summed E-state index contributed by atoms with van der Waals surface area (Å²) >= 11 is 3.09. The summed E-state index contributed by atoms with van der Waals surface area (Å²) in [6.45, 7) is 7.10. The maximum absolute atomic E-state index is 12.1. The van der Waals surface area contributed by atoms with E-state index in [4.69, 9.17) is 0 Å². The van der Waals surface area contributed by atoms with E-state index in [0.717, 1.165) is 19.5 Å². The average Bonchev–Trinajstić information content (AvgIpc) is 2.68. The summed E-state index contributed by atoms with van der Waals surface area (Å²) in [5.74, 6) is 0. The van der Waals surface area contributed by atoms with Crippen molar-refractivity contribution in [3.8, 4) is 0 Å². The van der Waals surface area contributed by atoms with Crippen molar-refractivity contribution in [2.75, 3.05) is 26.2 Å². The van der Waals surface area contributed by atoms with E-state index >= 15 is 0 Å². The van der Waals surface area contributed by atoms with Gasteiger partial charge in [0.2, 0.25) is 5.03 Å². The van der Waals surface area contributed by atoms with Crippen LogP contribution in [-0.4, -0.2) is 54.5 Å². The summed E-state index contributed by atoms with van der Waals surface area (Å²) in [6.07, 6.45) is 1.05. The highest BCUT2D eigenvalue weighted by atomic mass is 79.9. The molecule has 19 heavy (non-hydrogen) atoms. The van der Waals surface area contributed by atoms with Crippen LogP contribution >= 0.6 is 15.9 Å². The second-order valence-electron chi connectivity index (χ2n) is 4.14. The number of sulfonamides is 1. The predicted octanol–water partition coefficient (Wildman–Crippen LogP) is 0.588. The fourth-order valence-electron chi connectivity index (χ4n) is 1.76. The first-order valence-corrected chi connectivity index (χ1v) is 8.47. The van der Waals surface area contributed by atoms with Gasteiger partial charge >= 0.3 is 0 Å². The minimum atomic E-state index is -3.58. The Hall–Kier alpha value is -0.510. The molecular formula is C10H20BrN5O2S. The molecule has 1 rings (SSSR count). The molecule has 0 aliphatic heterocycles. The van der Waals surface area contributed by atoms with Crippen LogP contribution in [0.25, 0.3) is 0 Å². The molecule has 7 nitrogen and oxygen atoms in total. The number of likely N-dealkylation sites (N-methyl/N-ethyl adjacent to an activating group) is 1. The van der Waals surface area contributed by atoms with Crippen molar-refractivity contribution in [1.29, 1.82) is 0 Å². The number of hydrogen-bond acceptors (Lipinski definition) is 5. The van der Waals surface area contributed by atoms with E-state index in [0.29, 0.717) is 13.1 Å². The zero-order valence-corrected chi connectivity index (χ0v) is 13.8. The minimum absolute atomic E-state index is 0.0473. The number of hydrogen-bond donors (Lipinski definition) is 1.